The van der Waals surface area contributed by atoms with E-state index in [4.69, 9.17) is 24.9 Å². The molecule has 224 valence electrons. The number of hydrogen-bond acceptors (Lipinski definition) is 8. The van der Waals surface area contributed by atoms with Crippen molar-refractivity contribution in [2.24, 2.45) is 11.7 Å². The van der Waals surface area contributed by atoms with E-state index in [1.54, 1.807) is 12.1 Å². The van der Waals surface area contributed by atoms with Crippen LogP contribution in [0.1, 0.15) is 43.2 Å². The molecule has 10 heteroatoms. The van der Waals surface area contributed by atoms with Gasteiger partial charge in [0.05, 0.1) is 10.4 Å². The van der Waals surface area contributed by atoms with Crippen LogP contribution in [-0.2, 0) is 37.7 Å². The third-order valence-corrected chi connectivity index (χ3v) is 7.09. The van der Waals surface area contributed by atoms with Crippen LogP contribution in [-0.4, -0.2) is 37.1 Å². The molecular formula is C32H38N2O7S. The quantitative estimate of drug-likeness (QED) is 0.0982. The molecule has 42 heavy (non-hydrogen) atoms. The maximum Gasteiger partial charge on any atom is 0.339 e. The minimum Gasteiger partial charge on any atom is -0.491 e. The third kappa shape index (κ3) is 9.35. The summed E-state index contributed by atoms with van der Waals surface area (Å²) in [6.07, 6.45) is 0.868. The third-order valence-electron chi connectivity index (χ3n) is 6.22. The SMILES string of the molecule is CC(=O)OOCCOc1ccc2nc(CC(C)C)c(CN)c(-c3ccc(C)cc3)c2c1.Cc1ccc(S(=O)(=O)O)cc1. The van der Waals surface area contributed by atoms with Gasteiger partial charge in [-0.05, 0) is 73.2 Å². The minimum atomic E-state index is -4.02. The van der Waals surface area contributed by atoms with E-state index in [2.05, 4.69) is 49.9 Å². The average molecular weight is 595 g/mol. The summed E-state index contributed by atoms with van der Waals surface area (Å²) in [7, 11) is -4.02. The van der Waals surface area contributed by atoms with Crippen LogP contribution in [0, 0.1) is 19.8 Å². The first-order chi connectivity index (χ1) is 19.9. The number of aryl methyl sites for hydroxylation is 2. The Morgan fingerprint density at radius 3 is 2.12 bits per heavy atom. The lowest BCUT2D eigenvalue weighted by molar-refractivity contribution is -0.272. The van der Waals surface area contributed by atoms with Crippen molar-refractivity contribution < 1.29 is 32.3 Å². The normalized spacial score (nSPS) is 11.2. The number of hydrogen-bond donors (Lipinski definition) is 2. The van der Waals surface area contributed by atoms with Gasteiger partial charge in [0.2, 0.25) is 0 Å². The zero-order valence-corrected chi connectivity index (χ0v) is 25.4. The minimum absolute atomic E-state index is 0.0666. The summed E-state index contributed by atoms with van der Waals surface area (Å²) in [6, 6.07) is 20.3. The van der Waals surface area contributed by atoms with Crippen LogP contribution >= 0.6 is 0 Å². The Morgan fingerprint density at radius 1 is 0.952 bits per heavy atom. The van der Waals surface area contributed by atoms with Crippen LogP contribution in [0.4, 0.5) is 0 Å². The maximum atomic E-state index is 10.8. The van der Waals surface area contributed by atoms with Crippen LogP contribution in [0.15, 0.2) is 71.6 Å². The highest BCUT2D eigenvalue weighted by Crippen LogP contribution is 2.36. The summed E-state index contributed by atoms with van der Waals surface area (Å²) >= 11 is 0. The Labute approximate surface area is 247 Å². The van der Waals surface area contributed by atoms with E-state index in [9.17, 15) is 13.2 Å². The predicted octanol–water partition coefficient (Wildman–Crippen LogP) is 5.98. The summed E-state index contributed by atoms with van der Waals surface area (Å²) in [5, 5.41) is 0.996. The fourth-order valence-corrected chi connectivity index (χ4v) is 4.76. The van der Waals surface area contributed by atoms with Gasteiger partial charge in [0, 0.05) is 24.5 Å². The molecule has 3 N–H and O–H groups in total. The number of nitrogens with zero attached hydrogens (tertiary/aromatic N) is 1. The Bertz CT molecular complexity index is 1600. The second-order valence-corrected chi connectivity index (χ2v) is 11.7. The number of nitrogens with two attached hydrogens (primary N) is 1. The zero-order chi connectivity index (χ0) is 30.9. The molecule has 4 aromatic rings. The highest BCUT2D eigenvalue weighted by atomic mass is 32.2. The van der Waals surface area contributed by atoms with E-state index in [0.717, 1.165) is 45.3 Å². The van der Waals surface area contributed by atoms with Gasteiger partial charge in [-0.2, -0.15) is 13.3 Å². The van der Waals surface area contributed by atoms with Gasteiger partial charge in [0.25, 0.3) is 10.1 Å². The topological polar surface area (TPSA) is 138 Å². The predicted molar refractivity (Wildman–Crippen MR) is 163 cm³/mol. The van der Waals surface area contributed by atoms with E-state index >= 15 is 0 Å². The standard InChI is InChI=1S/C25H30N2O4.C7H8O3S/c1-16(2)13-24-22(15-26)25(19-7-5-17(3)6-8-19)21-14-20(9-10-23(21)27-24)29-11-12-30-31-18(4)28;1-6-2-4-7(5-3-6)11(8,9)10/h5-10,14,16H,11-13,15,26H2,1-4H3;2-5H,1H3,(H,8,9,10). The van der Waals surface area contributed by atoms with Gasteiger partial charge < -0.3 is 10.5 Å². The first-order valence-corrected chi connectivity index (χ1v) is 15.0. The Kier molecular flexibility index (Phi) is 11.6. The average Bonchev–Trinajstić information content (AvgIpc) is 2.92. The van der Waals surface area contributed by atoms with Crippen LogP contribution in [0.3, 0.4) is 0 Å². The van der Waals surface area contributed by atoms with Gasteiger partial charge in [-0.15, -0.1) is 0 Å². The van der Waals surface area contributed by atoms with Crippen molar-refractivity contribution in [1.82, 2.24) is 4.98 Å². The molecule has 3 aromatic carbocycles. The van der Waals surface area contributed by atoms with Crippen molar-refractivity contribution in [1.29, 1.82) is 0 Å². The lowest BCUT2D eigenvalue weighted by Gasteiger charge is -2.18. The number of carbonyl (C=O) groups excluding carboxylic acids is 1. The summed E-state index contributed by atoms with van der Waals surface area (Å²) in [4.78, 5) is 24.9. The molecule has 0 atom stereocenters. The van der Waals surface area contributed by atoms with Crippen molar-refractivity contribution in [3.05, 3.63) is 89.1 Å². The molecule has 0 fully saturated rings. The number of benzene rings is 3. The van der Waals surface area contributed by atoms with E-state index in [1.165, 1.54) is 24.6 Å². The second-order valence-electron chi connectivity index (χ2n) is 10.3. The van der Waals surface area contributed by atoms with Gasteiger partial charge in [0.15, 0.2) is 0 Å². The van der Waals surface area contributed by atoms with Crippen molar-refractivity contribution in [3.8, 4) is 16.9 Å². The fourth-order valence-electron chi connectivity index (χ4n) is 4.28. The fraction of sp³-hybridized carbons (Fsp3) is 0.312. The van der Waals surface area contributed by atoms with Crippen LogP contribution in [0.2, 0.25) is 0 Å². The lowest BCUT2D eigenvalue weighted by Crippen LogP contribution is -2.11. The van der Waals surface area contributed by atoms with Crippen molar-refractivity contribution in [2.75, 3.05) is 13.2 Å². The number of ether oxygens (including phenoxy) is 1. The molecule has 0 amide bonds. The van der Waals surface area contributed by atoms with Crippen molar-refractivity contribution in [2.45, 2.75) is 52.5 Å². The number of pyridine rings is 1. The molecule has 0 bridgehead atoms. The van der Waals surface area contributed by atoms with Crippen LogP contribution in [0.5, 0.6) is 5.75 Å². The summed E-state index contributed by atoms with van der Waals surface area (Å²) in [6.45, 7) is 10.4. The van der Waals surface area contributed by atoms with Crippen LogP contribution in [0.25, 0.3) is 22.0 Å². The molecular weight excluding hydrogens is 556 g/mol. The molecule has 0 unspecified atom stereocenters. The molecule has 4 rings (SSSR count). The Balaban J connectivity index is 0.000000369. The first-order valence-electron chi connectivity index (χ1n) is 13.6. The summed E-state index contributed by atoms with van der Waals surface area (Å²) in [5.41, 5.74) is 13.6. The van der Waals surface area contributed by atoms with Crippen LogP contribution < -0.4 is 10.5 Å². The second kappa shape index (κ2) is 14.9. The maximum absolute atomic E-state index is 10.8. The van der Waals surface area contributed by atoms with Gasteiger partial charge in [-0.1, -0.05) is 61.4 Å². The summed E-state index contributed by atoms with van der Waals surface area (Å²) < 4.78 is 35.4. The molecule has 1 aromatic heterocycles. The molecule has 1 heterocycles. The monoisotopic (exact) mass is 594 g/mol. The lowest BCUT2D eigenvalue weighted by atomic mass is 9.91. The van der Waals surface area contributed by atoms with Crippen molar-refractivity contribution >= 4 is 27.0 Å². The Morgan fingerprint density at radius 2 is 1.57 bits per heavy atom. The Hall–Kier alpha value is -3.83. The molecule has 0 aliphatic rings. The van der Waals surface area contributed by atoms with Gasteiger partial charge in [-0.25, -0.2) is 4.79 Å². The molecule has 0 saturated carbocycles. The first kappa shape index (κ1) is 32.7. The van der Waals surface area contributed by atoms with E-state index in [-0.39, 0.29) is 18.1 Å². The number of aromatic nitrogens is 1. The molecule has 0 spiro atoms. The number of rotatable bonds is 10. The van der Waals surface area contributed by atoms with Gasteiger partial charge >= 0.3 is 5.97 Å². The zero-order valence-electron chi connectivity index (χ0n) is 24.6. The van der Waals surface area contributed by atoms with E-state index in [0.29, 0.717) is 18.2 Å². The molecule has 0 aliphatic heterocycles. The van der Waals surface area contributed by atoms with E-state index < -0.39 is 16.1 Å². The smallest absolute Gasteiger partial charge is 0.339 e. The number of carbonyl (C=O) groups is 1. The van der Waals surface area contributed by atoms with Crippen molar-refractivity contribution in [3.63, 3.8) is 0 Å². The van der Waals surface area contributed by atoms with Gasteiger partial charge in [-0.3, -0.25) is 14.4 Å². The molecule has 9 nitrogen and oxygen atoms in total. The van der Waals surface area contributed by atoms with E-state index in [1.807, 2.05) is 25.1 Å². The highest BCUT2D eigenvalue weighted by Gasteiger charge is 2.17. The van der Waals surface area contributed by atoms with Gasteiger partial charge in [0.1, 0.15) is 19.0 Å². The largest absolute Gasteiger partial charge is 0.491 e. The molecule has 0 aliphatic carbocycles. The molecule has 0 saturated heterocycles. The highest BCUT2D eigenvalue weighted by molar-refractivity contribution is 7.85. The number of fused-ring (bicyclic) bond motifs is 1. The molecule has 0 radical (unpaired) electrons. The summed E-state index contributed by atoms with van der Waals surface area (Å²) in [5.74, 6) is 0.667.